The molecule has 0 saturated heterocycles. The molecule has 2 aliphatic rings. The van der Waals surface area contributed by atoms with Crippen LogP contribution in [0.15, 0.2) is 6.07 Å². The third kappa shape index (κ3) is 2.09. The van der Waals surface area contributed by atoms with Gasteiger partial charge >= 0.3 is 0 Å². The fourth-order valence-corrected chi connectivity index (χ4v) is 2.65. The van der Waals surface area contributed by atoms with Crippen molar-refractivity contribution in [1.29, 1.82) is 0 Å². The first-order valence-corrected chi connectivity index (χ1v) is 6.02. The third-order valence-electron chi connectivity index (χ3n) is 3.31. The fourth-order valence-electron chi connectivity index (χ4n) is 2.65. The highest BCUT2D eigenvalue weighted by atomic mass is 35.5. The molecule has 0 bridgehead atoms. The van der Waals surface area contributed by atoms with Gasteiger partial charge in [0, 0.05) is 36.0 Å². The molecule has 2 aliphatic heterocycles. The molecule has 0 unspecified atom stereocenters. The molecule has 3 rings (SSSR count). The Morgan fingerprint density at radius 1 is 1.29 bits per heavy atom. The normalized spacial score (nSPS) is 17.5. The van der Waals surface area contributed by atoms with Crippen molar-refractivity contribution in [2.75, 3.05) is 13.2 Å². The smallest absolute Gasteiger partial charge is 0.126 e. The second kappa shape index (κ2) is 4.75. The summed E-state index contributed by atoms with van der Waals surface area (Å²) in [6.45, 7) is 3.78. The highest BCUT2D eigenvalue weighted by Gasteiger charge is 2.27. The van der Waals surface area contributed by atoms with Crippen LogP contribution in [0.5, 0.6) is 11.5 Å². The van der Waals surface area contributed by atoms with Crippen LogP contribution in [0.25, 0.3) is 0 Å². The number of rotatable bonds is 2. The van der Waals surface area contributed by atoms with E-state index in [0.29, 0.717) is 6.04 Å². The first-order valence-electron chi connectivity index (χ1n) is 6.02. The standard InChI is InChI=1S/C13H17NO2.ClH/c1-8(14)6-11-10-3-5-15-12(10)7-9-2-4-16-13(9)11;/h7-8H,2-6,14H2,1H3;1H/t8-;/m0./s1. The van der Waals surface area contributed by atoms with Gasteiger partial charge < -0.3 is 27.6 Å². The summed E-state index contributed by atoms with van der Waals surface area (Å²) in [5, 5.41) is 0. The quantitative estimate of drug-likeness (QED) is 0.648. The van der Waals surface area contributed by atoms with Gasteiger partial charge in [0.2, 0.25) is 0 Å². The molecule has 0 radical (unpaired) electrons. The van der Waals surface area contributed by atoms with Gasteiger partial charge in [-0.3, -0.25) is 0 Å². The van der Waals surface area contributed by atoms with E-state index in [-0.39, 0.29) is 12.4 Å². The number of quaternary nitrogens is 1. The zero-order chi connectivity index (χ0) is 11.1. The van der Waals surface area contributed by atoms with Gasteiger partial charge in [0.05, 0.1) is 19.3 Å². The molecule has 0 spiro atoms. The summed E-state index contributed by atoms with van der Waals surface area (Å²) in [6, 6.07) is 2.59. The predicted octanol–water partition coefficient (Wildman–Crippen LogP) is -2.27. The second-order valence-electron chi connectivity index (χ2n) is 4.83. The molecule has 94 valence electrons. The monoisotopic (exact) mass is 255 g/mol. The van der Waals surface area contributed by atoms with E-state index >= 15 is 0 Å². The van der Waals surface area contributed by atoms with E-state index in [0.717, 1.165) is 44.0 Å². The molecule has 0 aliphatic carbocycles. The summed E-state index contributed by atoms with van der Waals surface area (Å²) in [5.41, 5.74) is 8.11. The lowest BCUT2D eigenvalue weighted by atomic mass is 9.95. The molecule has 2 heterocycles. The summed E-state index contributed by atoms with van der Waals surface area (Å²) in [6.07, 6.45) is 3.04. The molecule has 1 aromatic carbocycles. The van der Waals surface area contributed by atoms with Crippen molar-refractivity contribution in [1.82, 2.24) is 0 Å². The van der Waals surface area contributed by atoms with Crippen LogP contribution < -0.4 is 27.6 Å². The molecule has 1 aromatic rings. The Hall–Kier alpha value is -0.930. The van der Waals surface area contributed by atoms with Crippen LogP contribution in [-0.2, 0) is 19.3 Å². The van der Waals surface area contributed by atoms with Crippen molar-refractivity contribution in [3.63, 3.8) is 0 Å². The van der Waals surface area contributed by atoms with Crippen molar-refractivity contribution in [3.05, 3.63) is 22.8 Å². The zero-order valence-electron chi connectivity index (χ0n) is 10.1. The zero-order valence-corrected chi connectivity index (χ0v) is 10.8. The number of benzene rings is 1. The molecular weight excluding hydrogens is 238 g/mol. The Balaban J connectivity index is 0.00000108. The lowest BCUT2D eigenvalue weighted by molar-refractivity contribution is -0.413. The first-order chi connectivity index (χ1) is 7.75. The highest BCUT2D eigenvalue weighted by Crippen LogP contribution is 2.40. The number of fused-ring (bicyclic) bond motifs is 2. The van der Waals surface area contributed by atoms with Gasteiger partial charge in [0.1, 0.15) is 11.5 Å². The molecule has 0 amide bonds. The summed E-state index contributed by atoms with van der Waals surface area (Å²) < 4.78 is 11.4. The van der Waals surface area contributed by atoms with Crippen molar-refractivity contribution in [2.45, 2.75) is 32.2 Å². The minimum absolute atomic E-state index is 0. The number of hydrogen-bond acceptors (Lipinski definition) is 2. The molecule has 0 saturated carbocycles. The van der Waals surface area contributed by atoms with Crippen LogP contribution in [0.3, 0.4) is 0 Å². The molecule has 0 aromatic heterocycles. The third-order valence-corrected chi connectivity index (χ3v) is 3.31. The Morgan fingerprint density at radius 2 is 2.06 bits per heavy atom. The molecule has 1 atom stereocenters. The van der Waals surface area contributed by atoms with Gasteiger partial charge in [-0.1, -0.05) is 0 Å². The average Bonchev–Trinajstić information content (AvgIpc) is 2.83. The van der Waals surface area contributed by atoms with Crippen molar-refractivity contribution < 1.29 is 27.6 Å². The van der Waals surface area contributed by atoms with Gasteiger partial charge in [-0.15, -0.1) is 0 Å². The van der Waals surface area contributed by atoms with E-state index in [2.05, 4.69) is 18.7 Å². The van der Waals surface area contributed by atoms with E-state index in [1.54, 1.807) is 0 Å². The van der Waals surface area contributed by atoms with Crippen LogP contribution in [0.4, 0.5) is 0 Å². The van der Waals surface area contributed by atoms with Crippen LogP contribution >= 0.6 is 0 Å². The molecule has 17 heavy (non-hydrogen) atoms. The van der Waals surface area contributed by atoms with Crippen LogP contribution in [0.2, 0.25) is 0 Å². The van der Waals surface area contributed by atoms with E-state index in [1.165, 1.54) is 16.7 Å². The van der Waals surface area contributed by atoms with Gasteiger partial charge in [0.25, 0.3) is 0 Å². The lowest BCUT2D eigenvalue weighted by Crippen LogP contribution is -3.00. The maximum Gasteiger partial charge on any atom is 0.126 e. The largest absolute Gasteiger partial charge is 1.00 e. The molecule has 3 N–H and O–H groups in total. The Morgan fingerprint density at radius 3 is 2.82 bits per heavy atom. The summed E-state index contributed by atoms with van der Waals surface area (Å²) in [5.74, 6) is 2.21. The maximum absolute atomic E-state index is 5.77. The van der Waals surface area contributed by atoms with Crippen molar-refractivity contribution in [2.24, 2.45) is 0 Å². The fraction of sp³-hybridized carbons (Fsp3) is 0.538. The van der Waals surface area contributed by atoms with Gasteiger partial charge in [-0.25, -0.2) is 0 Å². The van der Waals surface area contributed by atoms with Gasteiger partial charge in [-0.05, 0) is 13.0 Å². The maximum atomic E-state index is 5.77. The minimum atomic E-state index is 0. The number of halogens is 1. The van der Waals surface area contributed by atoms with Gasteiger partial charge in [-0.2, -0.15) is 0 Å². The Kier molecular flexibility index (Phi) is 3.50. The SMILES string of the molecule is C[C@H]([NH3+])Cc1c2c(cc3c1OCC3)OCC2.[Cl-]. The molecule has 3 nitrogen and oxygen atoms in total. The van der Waals surface area contributed by atoms with Crippen LogP contribution in [-0.4, -0.2) is 19.3 Å². The van der Waals surface area contributed by atoms with E-state index in [1.807, 2.05) is 0 Å². The van der Waals surface area contributed by atoms with E-state index in [9.17, 15) is 0 Å². The summed E-state index contributed by atoms with van der Waals surface area (Å²) in [4.78, 5) is 0. The molecular formula is C13H18ClNO2. The molecule has 4 heteroatoms. The van der Waals surface area contributed by atoms with Crippen molar-refractivity contribution in [3.8, 4) is 11.5 Å². The van der Waals surface area contributed by atoms with Gasteiger partial charge in [0.15, 0.2) is 0 Å². The first kappa shape index (κ1) is 12.5. The van der Waals surface area contributed by atoms with E-state index in [4.69, 9.17) is 9.47 Å². The molecule has 0 fully saturated rings. The highest BCUT2D eigenvalue weighted by molar-refractivity contribution is 5.56. The topological polar surface area (TPSA) is 46.1 Å². The summed E-state index contributed by atoms with van der Waals surface area (Å²) in [7, 11) is 0. The van der Waals surface area contributed by atoms with Crippen LogP contribution in [0, 0.1) is 0 Å². The average molecular weight is 256 g/mol. The minimum Gasteiger partial charge on any atom is -1.00 e. The predicted molar refractivity (Wildman–Crippen MR) is 60.9 cm³/mol. The Labute approximate surface area is 108 Å². The van der Waals surface area contributed by atoms with E-state index < -0.39 is 0 Å². The van der Waals surface area contributed by atoms with Crippen molar-refractivity contribution >= 4 is 0 Å². The van der Waals surface area contributed by atoms with Crippen LogP contribution in [0.1, 0.15) is 23.6 Å². The lowest BCUT2D eigenvalue weighted by Gasteiger charge is -2.13. The number of hydrogen-bond donors (Lipinski definition) is 1. The summed E-state index contributed by atoms with van der Waals surface area (Å²) >= 11 is 0. The number of ether oxygens (including phenoxy) is 2. The second-order valence-corrected chi connectivity index (χ2v) is 4.83. The Bertz CT molecular complexity index is 400.